The highest BCUT2D eigenvalue weighted by molar-refractivity contribution is 5.99. The minimum atomic E-state index is -0.300. The fourth-order valence-electron chi connectivity index (χ4n) is 2.41. The number of nitrogens with zero attached hydrogens (tertiary/aromatic N) is 2. The van der Waals surface area contributed by atoms with Gasteiger partial charge in [-0.1, -0.05) is 12.1 Å². The summed E-state index contributed by atoms with van der Waals surface area (Å²) in [5.74, 6) is 0.799. The van der Waals surface area contributed by atoms with Gasteiger partial charge in [0.15, 0.2) is 5.78 Å². The Hall–Kier alpha value is -2.62. The van der Waals surface area contributed by atoms with Gasteiger partial charge in [0.05, 0.1) is 30.5 Å². The van der Waals surface area contributed by atoms with Crippen LogP contribution in [0, 0.1) is 0 Å². The highest BCUT2D eigenvalue weighted by Gasteiger charge is 2.18. The zero-order valence-electron chi connectivity index (χ0n) is 12.0. The van der Waals surface area contributed by atoms with Crippen LogP contribution in [0.25, 0.3) is 11.0 Å². The van der Waals surface area contributed by atoms with Crippen molar-refractivity contribution in [1.29, 1.82) is 0 Å². The molecule has 3 aromatic rings. The Morgan fingerprint density at radius 3 is 2.57 bits per heavy atom. The number of ketones is 1. The van der Waals surface area contributed by atoms with E-state index < -0.39 is 0 Å². The molecule has 0 aliphatic carbocycles. The summed E-state index contributed by atoms with van der Waals surface area (Å²) < 4.78 is 7.02. The van der Waals surface area contributed by atoms with E-state index in [-0.39, 0.29) is 11.8 Å². The number of fused-ring (bicyclic) bond motifs is 1. The SMILES string of the molecule is COc1ccc(C(=O)C(C)n2cnc3ccccc32)cc1. The van der Waals surface area contributed by atoms with E-state index in [1.54, 1.807) is 37.7 Å². The fourth-order valence-corrected chi connectivity index (χ4v) is 2.41. The summed E-state index contributed by atoms with van der Waals surface area (Å²) in [5.41, 5.74) is 2.53. The van der Waals surface area contributed by atoms with E-state index >= 15 is 0 Å². The minimum Gasteiger partial charge on any atom is -0.497 e. The summed E-state index contributed by atoms with van der Waals surface area (Å²) >= 11 is 0. The van der Waals surface area contributed by atoms with Crippen molar-refractivity contribution in [3.05, 3.63) is 60.4 Å². The largest absolute Gasteiger partial charge is 0.497 e. The van der Waals surface area contributed by atoms with Crippen LogP contribution in [0.15, 0.2) is 54.9 Å². The molecule has 0 saturated carbocycles. The Balaban J connectivity index is 1.93. The molecule has 1 heterocycles. The van der Waals surface area contributed by atoms with Gasteiger partial charge in [0.2, 0.25) is 0 Å². The van der Waals surface area contributed by atoms with Crippen molar-refractivity contribution in [1.82, 2.24) is 9.55 Å². The van der Waals surface area contributed by atoms with Gasteiger partial charge in [-0.3, -0.25) is 4.79 Å². The second-order valence-corrected chi connectivity index (χ2v) is 4.91. The van der Waals surface area contributed by atoms with Crippen molar-refractivity contribution < 1.29 is 9.53 Å². The van der Waals surface area contributed by atoms with Gasteiger partial charge in [-0.15, -0.1) is 0 Å². The van der Waals surface area contributed by atoms with Gasteiger partial charge in [-0.25, -0.2) is 4.98 Å². The van der Waals surface area contributed by atoms with Gasteiger partial charge in [-0.05, 0) is 43.3 Å². The van der Waals surface area contributed by atoms with E-state index in [1.165, 1.54) is 0 Å². The topological polar surface area (TPSA) is 44.1 Å². The number of hydrogen-bond donors (Lipinski definition) is 0. The lowest BCUT2D eigenvalue weighted by Gasteiger charge is -2.13. The van der Waals surface area contributed by atoms with E-state index in [0.717, 1.165) is 16.8 Å². The lowest BCUT2D eigenvalue weighted by atomic mass is 10.1. The minimum absolute atomic E-state index is 0.0563. The van der Waals surface area contributed by atoms with Crippen molar-refractivity contribution in [2.75, 3.05) is 7.11 Å². The quantitative estimate of drug-likeness (QED) is 0.687. The number of hydrogen-bond acceptors (Lipinski definition) is 3. The molecular weight excluding hydrogens is 264 g/mol. The molecule has 1 aromatic heterocycles. The standard InChI is InChI=1S/C17H16N2O2/c1-12(17(20)13-7-9-14(21-2)10-8-13)19-11-18-15-5-3-4-6-16(15)19/h3-12H,1-2H3. The third-order valence-electron chi connectivity index (χ3n) is 3.65. The number of carbonyl (C=O) groups excluding carboxylic acids is 1. The number of para-hydroxylation sites is 2. The predicted octanol–water partition coefficient (Wildman–Crippen LogP) is 3.49. The first kappa shape index (κ1) is 13.4. The Bertz CT molecular complexity index is 775. The normalized spacial score (nSPS) is 12.3. The molecule has 0 aliphatic heterocycles. The predicted molar refractivity (Wildman–Crippen MR) is 81.8 cm³/mol. The van der Waals surface area contributed by atoms with E-state index in [1.807, 2.05) is 35.8 Å². The molecule has 1 unspecified atom stereocenters. The molecule has 0 N–H and O–H groups in total. The van der Waals surface area contributed by atoms with Crippen molar-refractivity contribution in [2.24, 2.45) is 0 Å². The summed E-state index contributed by atoms with van der Waals surface area (Å²) in [7, 11) is 1.61. The number of carbonyl (C=O) groups is 1. The Morgan fingerprint density at radius 2 is 1.86 bits per heavy atom. The molecule has 0 fully saturated rings. The average molecular weight is 280 g/mol. The van der Waals surface area contributed by atoms with Crippen molar-refractivity contribution >= 4 is 16.8 Å². The van der Waals surface area contributed by atoms with Gasteiger partial charge in [0, 0.05) is 5.56 Å². The van der Waals surface area contributed by atoms with Crippen LogP contribution in [0.4, 0.5) is 0 Å². The summed E-state index contributed by atoms with van der Waals surface area (Å²) in [6, 6.07) is 14.7. The van der Waals surface area contributed by atoms with Gasteiger partial charge in [0.1, 0.15) is 5.75 Å². The number of ether oxygens (including phenoxy) is 1. The molecule has 106 valence electrons. The maximum atomic E-state index is 12.6. The number of Topliss-reactive ketones (excluding diaryl/α,β-unsaturated/α-hetero) is 1. The molecule has 1 atom stereocenters. The third-order valence-corrected chi connectivity index (χ3v) is 3.65. The zero-order chi connectivity index (χ0) is 14.8. The summed E-state index contributed by atoms with van der Waals surface area (Å²) in [5, 5.41) is 0. The smallest absolute Gasteiger partial charge is 0.185 e. The van der Waals surface area contributed by atoms with Crippen molar-refractivity contribution in [3.63, 3.8) is 0 Å². The maximum Gasteiger partial charge on any atom is 0.185 e. The van der Waals surface area contributed by atoms with Gasteiger partial charge < -0.3 is 9.30 Å². The molecule has 0 bridgehead atoms. The Morgan fingerprint density at radius 1 is 1.14 bits per heavy atom. The first-order chi connectivity index (χ1) is 10.2. The number of aromatic nitrogens is 2. The molecule has 0 amide bonds. The van der Waals surface area contributed by atoms with Gasteiger partial charge in [-0.2, -0.15) is 0 Å². The lowest BCUT2D eigenvalue weighted by Crippen LogP contribution is -2.15. The maximum absolute atomic E-state index is 12.6. The lowest BCUT2D eigenvalue weighted by molar-refractivity contribution is 0.0937. The van der Waals surface area contributed by atoms with Crippen LogP contribution in [0.5, 0.6) is 5.75 Å². The van der Waals surface area contributed by atoms with Crippen molar-refractivity contribution in [2.45, 2.75) is 13.0 Å². The molecular formula is C17H16N2O2. The zero-order valence-corrected chi connectivity index (χ0v) is 12.0. The van der Waals surface area contributed by atoms with Crippen LogP contribution in [-0.4, -0.2) is 22.4 Å². The van der Waals surface area contributed by atoms with Gasteiger partial charge >= 0.3 is 0 Å². The third kappa shape index (κ3) is 2.40. The number of benzene rings is 2. The summed E-state index contributed by atoms with van der Waals surface area (Å²) in [6.07, 6.45) is 1.72. The number of imidazole rings is 1. The average Bonchev–Trinajstić information content (AvgIpc) is 2.97. The van der Waals surface area contributed by atoms with E-state index in [4.69, 9.17) is 4.74 Å². The Kier molecular flexibility index (Phi) is 3.44. The molecule has 0 saturated heterocycles. The second kappa shape index (κ2) is 5.40. The van der Waals surface area contributed by atoms with Crippen LogP contribution in [0.1, 0.15) is 23.3 Å². The Labute approximate surface area is 123 Å². The van der Waals surface area contributed by atoms with Crippen LogP contribution in [-0.2, 0) is 0 Å². The molecule has 0 aliphatic rings. The first-order valence-corrected chi connectivity index (χ1v) is 6.80. The van der Waals surface area contributed by atoms with Crippen LogP contribution < -0.4 is 4.74 Å². The summed E-state index contributed by atoms with van der Waals surface area (Å²) in [4.78, 5) is 16.9. The van der Waals surface area contributed by atoms with E-state index in [0.29, 0.717) is 5.56 Å². The van der Waals surface area contributed by atoms with Crippen LogP contribution in [0.2, 0.25) is 0 Å². The second-order valence-electron chi connectivity index (χ2n) is 4.91. The molecule has 2 aromatic carbocycles. The first-order valence-electron chi connectivity index (χ1n) is 6.80. The summed E-state index contributed by atoms with van der Waals surface area (Å²) in [6.45, 7) is 1.89. The fraction of sp³-hybridized carbons (Fsp3) is 0.176. The van der Waals surface area contributed by atoms with Crippen LogP contribution in [0.3, 0.4) is 0 Å². The highest BCUT2D eigenvalue weighted by atomic mass is 16.5. The molecule has 0 spiro atoms. The molecule has 3 rings (SSSR count). The monoisotopic (exact) mass is 280 g/mol. The van der Waals surface area contributed by atoms with E-state index in [2.05, 4.69) is 4.98 Å². The molecule has 4 nitrogen and oxygen atoms in total. The van der Waals surface area contributed by atoms with E-state index in [9.17, 15) is 4.79 Å². The van der Waals surface area contributed by atoms with Crippen LogP contribution >= 0.6 is 0 Å². The van der Waals surface area contributed by atoms with Crippen molar-refractivity contribution in [3.8, 4) is 5.75 Å². The number of methoxy groups -OCH3 is 1. The number of rotatable bonds is 4. The van der Waals surface area contributed by atoms with Gasteiger partial charge in [0.25, 0.3) is 0 Å². The highest BCUT2D eigenvalue weighted by Crippen LogP contribution is 2.21. The molecule has 0 radical (unpaired) electrons. The molecule has 21 heavy (non-hydrogen) atoms. The molecule has 4 heteroatoms.